The molecule has 12 heteroatoms. The molecule has 0 bridgehead atoms. The number of hydrogen-bond acceptors (Lipinski definition) is 5. The van der Waals surface area contributed by atoms with Crippen molar-refractivity contribution in [1.82, 2.24) is 24.9 Å². The van der Waals surface area contributed by atoms with Crippen LogP contribution in [0.3, 0.4) is 0 Å². The van der Waals surface area contributed by atoms with E-state index in [9.17, 15) is 18.0 Å². The number of fused-ring (bicyclic) bond motifs is 1. The number of benzene rings is 2. The van der Waals surface area contributed by atoms with Crippen LogP contribution in [0.1, 0.15) is 21.5 Å². The summed E-state index contributed by atoms with van der Waals surface area (Å²) < 4.78 is 40.8. The molecule has 0 aliphatic carbocycles. The van der Waals surface area contributed by atoms with Crippen molar-refractivity contribution in [2.75, 3.05) is 10.6 Å². The Morgan fingerprint density at radius 2 is 1.91 bits per heavy atom. The number of nitrogens with one attached hydrogen (secondary N) is 4. The van der Waals surface area contributed by atoms with Gasteiger partial charge < -0.3 is 10.3 Å². The number of H-pyrrole nitrogens is 2. The van der Waals surface area contributed by atoms with E-state index in [1.165, 1.54) is 24.8 Å². The molecule has 0 unspecified atom stereocenters. The van der Waals surface area contributed by atoms with Crippen molar-refractivity contribution in [1.29, 1.82) is 0 Å². The third-order valence-electron chi connectivity index (χ3n) is 5.32. The van der Waals surface area contributed by atoms with Gasteiger partial charge in [-0.15, -0.1) is 4.98 Å². The van der Waals surface area contributed by atoms with Crippen molar-refractivity contribution < 1.29 is 22.5 Å². The van der Waals surface area contributed by atoms with Crippen molar-refractivity contribution in [2.24, 2.45) is 0 Å². The quantitative estimate of drug-likeness (QED) is 0.281. The van der Waals surface area contributed by atoms with Crippen LogP contribution < -0.4 is 15.2 Å². The standard InChI is InChI=1S/C23H17F3N8O/c1-13-5-6-16(32-21(35)14-3-2-4-15(9-14)23(24,25)26)10-17(13)33-22-27-7-8-34(22)20-18-19(29-11-28-18)30-12-31-20/h2-12H,1H3,(H3,27,28,29,30,31,32,33,35)/p+1. The average Bonchev–Trinajstić information content (AvgIpc) is 3.50. The number of hydrogen-bond donors (Lipinski definition) is 4. The molecule has 0 aliphatic heterocycles. The zero-order chi connectivity index (χ0) is 24.6. The number of anilines is 3. The predicted octanol–water partition coefficient (Wildman–Crippen LogP) is 4.28. The van der Waals surface area contributed by atoms with E-state index in [-0.39, 0.29) is 5.56 Å². The summed E-state index contributed by atoms with van der Waals surface area (Å²) in [7, 11) is 0. The van der Waals surface area contributed by atoms with Gasteiger partial charge in [0.15, 0.2) is 17.5 Å². The lowest BCUT2D eigenvalue weighted by molar-refractivity contribution is -0.581. The fourth-order valence-corrected chi connectivity index (χ4v) is 3.54. The van der Waals surface area contributed by atoms with Crippen molar-refractivity contribution in [3.8, 4) is 5.82 Å². The number of carbonyl (C=O) groups is 1. The smallest absolute Gasteiger partial charge is 0.338 e. The van der Waals surface area contributed by atoms with Crippen LogP contribution in [-0.4, -0.2) is 30.8 Å². The maximum atomic E-state index is 13.0. The predicted molar refractivity (Wildman–Crippen MR) is 121 cm³/mol. The molecule has 0 saturated heterocycles. The van der Waals surface area contributed by atoms with E-state index in [4.69, 9.17) is 0 Å². The molecule has 35 heavy (non-hydrogen) atoms. The summed E-state index contributed by atoms with van der Waals surface area (Å²) in [5, 5.41) is 5.93. The van der Waals surface area contributed by atoms with E-state index in [0.717, 1.165) is 17.7 Å². The second-order valence-electron chi connectivity index (χ2n) is 7.66. The van der Waals surface area contributed by atoms with Crippen molar-refractivity contribution in [3.05, 3.63) is 84.2 Å². The van der Waals surface area contributed by atoms with Crippen molar-refractivity contribution in [2.45, 2.75) is 13.1 Å². The monoisotopic (exact) mass is 479 g/mol. The zero-order valence-electron chi connectivity index (χ0n) is 18.2. The van der Waals surface area contributed by atoms with Crippen LogP contribution in [0, 0.1) is 6.92 Å². The fraction of sp³-hybridized carbons (Fsp3) is 0.0870. The van der Waals surface area contributed by atoms with Gasteiger partial charge in [0, 0.05) is 11.3 Å². The van der Waals surface area contributed by atoms with Gasteiger partial charge in [-0.2, -0.15) is 17.7 Å². The minimum absolute atomic E-state index is 0.0931. The summed E-state index contributed by atoms with van der Waals surface area (Å²) in [6, 6.07) is 9.43. The third-order valence-corrected chi connectivity index (χ3v) is 5.32. The van der Waals surface area contributed by atoms with Gasteiger partial charge in [0.2, 0.25) is 0 Å². The van der Waals surface area contributed by atoms with Gasteiger partial charge in [-0.05, 0) is 42.8 Å². The van der Waals surface area contributed by atoms with Crippen molar-refractivity contribution >= 4 is 34.4 Å². The number of alkyl halides is 3. The summed E-state index contributed by atoms with van der Waals surface area (Å²) in [6.45, 7) is 1.88. The Kier molecular flexibility index (Phi) is 5.40. The summed E-state index contributed by atoms with van der Waals surface area (Å²) >= 11 is 0. The van der Waals surface area contributed by atoms with Gasteiger partial charge in [-0.1, -0.05) is 12.1 Å². The first kappa shape index (κ1) is 22.1. The van der Waals surface area contributed by atoms with Crippen LogP contribution in [0.5, 0.6) is 0 Å². The highest BCUT2D eigenvalue weighted by Gasteiger charge is 2.31. The number of aromatic nitrogens is 6. The van der Waals surface area contributed by atoms with E-state index in [1.54, 1.807) is 35.2 Å². The lowest BCUT2D eigenvalue weighted by Gasteiger charge is -2.11. The molecule has 0 radical (unpaired) electrons. The van der Waals surface area contributed by atoms with E-state index in [1.807, 2.05) is 6.92 Å². The van der Waals surface area contributed by atoms with E-state index in [0.29, 0.717) is 34.3 Å². The molecule has 0 saturated carbocycles. The molecule has 9 nitrogen and oxygen atoms in total. The highest BCUT2D eigenvalue weighted by Crippen LogP contribution is 2.30. The first-order valence-corrected chi connectivity index (χ1v) is 10.4. The Labute approximate surface area is 196 Å². The van der Waals surface area contributed by atoms with Gasteiger partial charge in [0.25, 0.3) is 11.7 Å². The van der Waals surface area contributed by atoms with Crippen LogP contribution in [0.15, 0.2) is 67.5 Å². The molecule has 176 valence electrons. The zero-order valence-corrected chi connectivity index (χ0v) is 18.2. The highest BCUT2D eigenvalue weighted by molar-refractivity contribution is 6.04. The van der Waals surface area contributed by atoms with Crippen LogP contribution in [0.4, 0.5) is 30.5 Å². The van der Waals surface area contributed by atoms with E-state index >= 15 is 0 Å². The molecule has 4 N–H and O–H groups in total. The molecule has 2 aromatic carbocycles. The molecular formula is C23H18F3N8O+. The Hall–Kier alpha value is -4.74. The number of aromatic amines is 2. The molecule has 0 spiro atoms. The van der Waals surface area contributed by atoms with Gasteiger partial charge >= 0.3 is 12.1 Å². The van der Waals surface area contributed by atoms with Crippen LogP contribution in [0.25, 0.3) is 17.0 Å². The molecule has 1 amide bonds. The molecule has 3 heterocycles. The topological polar surface area (TPSA) is 115 Å². The van der Waals surface area contributed by atoms with Crippen LogP contribution in [-0.2, 0) is 6.18 Å². The number of aryl methyl sites for hydroxylation is 1. The second-order valence-corrected chi connectivity index (χ2v) is 7.66. The first-order chi connectivity index (χ1) is 16.8. The lowest BCUT2D eigenvalue weighted by atomic mass is 10.1. The number of nitrogens with zero attached hydrogens (tertiary/aromatic N) is 4. The summed E-state index contributed by atoms with van der Waals surface area (Å²) in [6.07, 6.45) is 1.91. The maximum absolute atomic E-state index is 13.0. The molecule has 5 aromatic rings. The third kappa shape index (κ3) is 4.40. The van der Waals surface area contributed by atoms with E-state index < -0.39 is 17.6 Å². The van der Waals surface area contributed by atoms with Crippen LogP contribution in [0.2, 0.25) is 0 Å². The second kappa shape index (κ2) is 8.56. The van der Waals surface area contributed by atoms with Crippen LogP contribution >= 0.6 is 0 Å². The number of rotatable bonds is 5. The molecule has 0 aliphatic rings. The van der Waals surface area contributed by atoms with E-state index in [2.05, 4.69) is 35.6 Å². The normalized spacial score (nSPS) is 11.5. The molecule has 0 fully saturated rings. The Bertz CT molecular complexity index is 1540. The van der Waals surface area contributed by atoms with Gasteiger partial charge in [-0.3, -0.25) is 15.1 Å². The number of halogens is 3. The lowest BCUT2D eigenvalue weighted by Crippen LogP contribution is -2.33. The number of amides is 1. The highest BCUT2D eigenvalue weighted by atomic mass is 19.4. The Morgan fingerprint density at radius 1 is 1.06 bits per heavy atom. The SMILES string of the molecule is Cc1ccc(NC(=O)c2cccc(C(F)(F)F)c2)cc1Nc1[nH]cc[n+]1-c1ncnc2nc[nH]c12. The largest absolute Gasteiger partial charge is 0.416 e. The fourth-order valence-electron chi connectivity index (χ4n) is 3.54. The number of imidazole rings is 2. The average molecular weight is 479 g/mol. The minimum atomic E-state index is -4.53. The summed E-state index contributed by atoms with van der Waals surface area (Å²) in [4.78, 5) is 31.4. The molecule has 3 aromatic heterocycles. The maximum Gasteiger partial charge on any atom is 0.416 e. The molecule has 5 rings (SSSR count). The Balaban J connectivity index is 1.41. The van der Waals surface area contributed by atoms with Crippen molar-refractivity contribution in [3.63, 3.8) is 0 Å². The number of carbonyl (C=O) groups excluding carboxylic acids is 1. The van der Waals surface area contributed by atoms with Gasteiger partial charge in [0.05, 0.1) is 30.0 Å². The summed E-state index contributed by atoms with van der Waals surface area (Å²) in [5.41, 5.74) is 2.14. The minimum Gasteiger partial charge on any atom is -0.338 e. The molecular weight excluding hydrogens is 461 g/mol. The van der Waals surface area contributed by atoms with Gasteiger partial charge in [-0.25, -0.2) is 9.97 Å². The van der Waals surface area contributed by atoms with Gasteiger partial charge in [0.1, 0.15) is 0 Å². The summed E-state index contributed by atoms with van der Waals surface area (Å²) in [5.74, 6) is 0.496. The Morgan fingerprint density at radius 3 is 2.74 bits per heavy atom. The first-order valence-electron chi connectivity index (χ1n) is 10.4. The molecule has 0 atom stereocenters.